The van der Waals surface area contributed by atoms with Crippen LogP contribution in [0.4, 0.5) is 0 Å². The van der Waals surface area contributed by atoms with E-state index in [2.05, 4.69) is 13.8 Å². The van der Waals surface area contributed by atoms with Gasteiger partial charge in [0.15, 0.2) is 17.6 Å². The summed E-state index contributed by atoms with van der Waals surface area (Å²) < 4.78 is 23.5. The first kappa shape index (κ1) is 25.1. The highest BCUT2D eigenvalue weighted by atomic mass is 16.5. The maximum Gasteiger partial charge on any atom is 0.200 e. The number of phenols is 2. The van der Waals surface area contributed by atoms with E-state index in [1.165, 1.54) is 7.11 Å². The van der Waals surface area contributed by atoms with Gasteiger partial charge in [0.25, 0.3) is 0 Å². The van der Waals surface area contributed by atoms with Gasteiger partial charge in [-0.15, -0.1) is 0 Å². The molecule has 3 N–H and O–H groups in total. The van der Waals surface area contributed by atoms with Crippen molar-refractivity contribution in [3.63, 3.8) is 0 Å². The Hall–Kier alpha value is -3.58. The molecule has 0 saturated heterocycles. The number of aromatic hydroxyl groups is 2. The molecule has 0 spiro atoms. The van der Waals surface area contributed by atoms with E-state index in [0.717, 1.165) is 47.1 Å². The minimum atomic E-state index is -0.816. The van der Waals surface area contributed by atoms with Gasteiger partial charge in [0.1, 0.15) is 17.2 Å². The monoisotopic (exact) mass is 506 g/mol. The summed E-state index contributed by atoms with van der Waals surface area (Å²) in [6.45, 7) is 4.68. The number of fused-ring (bicyclic) bond motifs is 5. The van der Waals surface area contributed by atoms with Gasteiger partial charge in [-0.25, -0.2) is 0 Å². The molecule has 37 heavy (non-hydrogen) atoms. The molecule has 0 aromatic heterocycles. The maximum absolute atomic E-state index is 11.3. The van der Waals surface area contributed by atoms with Crippen molar-refractivity contribution in [2.75, 3.05) is 20.8 Å². The Labute approximate surface area is 217 Å². The second-order valence-corrected chi connectivity index (χ2v) is 10.2. The van der Waals surface area contributed by atoms with Crippen molar-refractivity contribution in [1.29, 1.82) is 0 Å². The molecule has 0 bridgehead atoms. The molecule has 7 heteroatoms. The lowest BCUT2D eigenvalue weighted by atomic mass is 9.80. The van der Waals surface area contributed by atoms with E-state index in [0.29, 0.717) is 41.8 Å². The third-order valence-electron chi connectivity index (χ3n) is 7.27. The lowest BCUT2D eigenvalue weighted by molar-refractivity contribution is 0.0201. The number of ether oxygens (including phenoxy) is 4. The Morgan fingerprint density at radius 3 is 2.43 bits per heavy atom. The Morgan fingerprint density at radius 2 is 1.70 bits per heavy atom. The number of rotatable bonds is 7. The fraction of sp³-hybridized carbons (Fsp3) is 0.400. The van der Waals surface area contributed by atoms with E-state index >= 15 is 0 Å². The lowest BCUT2D eigenvalue weighted by Crippen LogP contribution is -2.31. The summed E-state index contributed by atoms with van der Waals surface area (Å²) in [5.74, 6) is 2.57. The van der Waals surface area contributed by atoms with E-state index in [-0.39, 0.29) is 17.2 Å². The van der Waals surface area contributed by atoms with Gasteiger partial charge < -0.3 is 34.3 Å². The van der Waals surface area contributed by atoms with Gasteiger partial charge in [0, 0.05) is 29.2 Å². The van der Waals surface area contributed by atoms with Crippen LogP contribution in [0.1, 0.15) is 48.6 Å². The molecule has 2 aliphatic rings. The largest absolute Gasteiger partial charge is 0.508 e. The van der Waals surface area contributed by atoms with Crippen molar-refractivity contribution < 1.29 is 34.3 Å². The second-order valence-electron chi connectivity index (χ2n) is 10.2. The summed E-state index contributed by atoms with van der Waals surface area (Å²) in [7, 11) is 3.12. The van der Waals surface area contributed by atoms with Gasteiger partial charge in [-0.3, -0.25) is 0 Å². The molecule has 1 heterocycles. The molecule has 196 valence electrons. The van der Waals surface area contributed by atoms with E-state index in [1.54, 1.807) is 31.4 Å². The van der Waals surface area contributed by atoms with E-state index in [9.17, 15) is 15.3 Å². The molecule has 3 aromatic rings. The standard InChI is InChI=1S/C30H34O7/c1-16(2)9-10-36-27-13-18(12-26(35-4)29(27)33)30-23(32)14-22-21-7-5-17-11-19(31)6-8-20(17)28(21)25(34-3)15-24(22)37-30/h6,8,11-13,15-16,23,30-33H,5,7,9-10,14H2,1-4H3/t23-,30+/m1/s1. The highest BCUT2D eigenvalue weighted by Crippen LogP contribution is 2.50. The quantitative estimate of drug-likeness (QED) is 0.398. The van der Waals surface area contributed by atoms with Gasteiger partial charge in [-0.2, -0.15) is 0 Å². The van der Waals surface area contributed by atoms with Gasteiger partial charge >= 0.3 is 0 Å². The van der Waals surface area contributed by atoms with Crippen LogP contribution >= 0.6 is 0 Å². The first-order chi connectivity index (χ1) is 17.8. The summed E-state index contributed by atoms with van der Waals surface area (Å²) in [5, 5.41) is 31.8. The van der Waals surface area contributed by atoms with Crippen molar-refractivity contribution in [3.05, 3.63) is 58.7 Å². The lowest BCUT2D eigenvalue weighted by Gasteiger charge is -2.35. The van der Waals surface area contributed by atoms with E-state index < -0.39 is 12.2 Å². The van der Waals surface area contributed by atoms with Crippen LogP contribution in [0.25, 0.3) is 11.1 Å². The van der Waals surface area contributed by atoms with Crippen LogP contribution < -0.4 is 18.9 Å². The van der Waals surface area contributed by atoms with E-state index in [1.807, 2.05) is 12.1 Å². The normalized spacial score (nSPS) is 17.9. The fourth-order valence-electron chi connectivity index (χ4n) is 5.34. The first-order valence-corrected chi connectivity index (χ1v) is 12.7. The number of hydrogen-bond donors (Lipinski definition) is 3. The maximum atomic E-state index is 11.3. The Bertz CT molecular complexity index is 1310. The summed E-state index contributed by atoms with van der Waals surface area (Å²) in [5.41, 5.74) is 5.82. The number of phenolic OH excluding ortho intramolecular Hbond substituents is 2. The van der Waals surface area contributed by atoms with Gasteiger partial charge in [0.05, 0.1) is 26.9 Å². The Balaban J connectivity index is 1.53. The number of hydrogen-bond acceptors (Lipinski definition) is 7. The predicted molar refractivity (Wildman–Crippen MR) is 140 cm³/mol. The molecule has 1 aliphatic heterocycles. The molecule has 1 aliphatic carbocycles. The zero-order valence-electron chi connectivity index (χ0n) is 21.7. The SMILES string of the molecule is COc1cc([C@@H]2Oc3cc(OC)c4c(c3C[C@H]2O)CCc2cc(O)ccc2-4)cc(OCCC(C)C)c1O. The van der Waals surface area contributed by atoms with Crippen molar-refractivity contribution in [2.24, 2.45) is 5.92 Å². The van der Waals surface area contributed by atoms with Crippen LogP contribution in [0.2, 0.25) is 0 Å². The van der Waals surface area contributed by atoms with E-state index in [4.69, 9.17) is 18.9 Å². The second kappa shape index (κ2) is 10.1. The summed E-state index contributed by atoms with van der Waals surface area (Å²) in [6.07, 6.45) is 1.30. The molecule has 5 rings (SSSR count). The van der Waals surface area contributed by atoms with Crippen molar-refractivity contribution in [3.8, 4) is 45.6 Å². The number of methoxy groups -OCH3 is 2. The molecule has 0 amide bonds. The number of aliphatic hydroxyl groups is 1. The number of aliphatic hydroxyl groups excluding tert-OH is 1. The molecule has 0 saturated carbocycles. The number of aryl methyl sites for hydroxylation is 1. The first-order valence-electron chi connectivity index (χ1n) is 12.7. The van der Waals surface area contributed by atoms with Crippen molar-refractivity contribution in [2.45, 2.75) is 51.7 Å². The topological polar surface area (TPSA) is 97.6 Å². The summed E-state index contributed by atoms with van der Waals surface area (Å²) >= 11 is 0. The summed E-state index contributed by atoms with van der Waals surface area (Å²) in [6, 6.07) is 10.7. The minimum Gasteiger partial charge on any atom is -0.508 e. The van der Waals surface area contributed by atoms with Crippen LogP contribution in [0, 0.1) is 5.92 Å². The van der Waals surface area contributed by atoms with Gasteiger partial charge in [-0.05, 0) is 66.1 Å². The Morgan fingerprint density at radius 1 is 0.946 bits per heavy atom. The molecule has 0 fully saturated rings. The van der Waals surface area contributed by atoms with Crippen LogP contribution in [0.15, 0.2) is 36.4 Å². The average Bonchev–Trinajstić information content (AvgIpc) is 2.88. The molecule has 0 radical (unpaired) electrons. The number of benzene rings is 3. The van der Waals surface area contributed by atoms with Crippen LogP contribution in [-0.4, -0.2) is 42.3 Å². The van der Waals surface area contributed by atoms with Crippen LogP contribution in [-0.2, 0) is 19.3 Å². The summed E-state index contributed by atoms with van der Waals surface area (Å²) in [4.78, 5) is 0. The molecule has 2 atom stereocenters. The molecule has 3 aromatic carbocycles. The zero-order chi connectivity index (χ0) is 26.3. The third-order valence-corrected chi connectivity index (χ3v) is 7.27. The third kappa shape index (κ3) is 4.64. The zero-order valence-corrected chi connectivity index (χ0v) is 21.7. The smallest absolute Gasteiger partial charge is 0.200 e. The molecular weight excluding hydrogens is 472 g/mol. The fourth-order valence-corrected chi connectivity index (χ4v) is 5.34. The Kier molecular flexibility index (Phi) is 6.82. The highest BCUT2D eigenvalue weighted by Gasteiger charge is 2.36. The van der Waals surface area contributed by atoms with Crippen molar-refractivity contribution in [1.82, 2.24) is 0 Å². The molecular formula is C30H34O7. The minimum absolute atomic E-state index is 0.0684. The molecule has 7 nitrogen and oxygen atoms in total. The molecule has 0 unspecified atom stereocenters. The van der Waals surface area contributed by atoms with Crippen LogP contribution in [0.5, 0.6) is 34.5 Å². The van der Waals surface area contributed by atoms with Gasteiger partial charge in [0.2, 0.25) is 5.75 Å². The van der Waals surface area contributed by atoms with Gasteiger partial charge in [-0.1, -0.05) is 19.9 Å². The van der Waals surface area contributed by atoms with Crippen molar-refractivity contribution >= 4 is 0 Å². The van der Waals surface area contributed by atoms with Crippen LogP contribution in [0.3, 0.4) is 0 Å². The highest BCUT2D eigenvalue weighted by molar-refractivity contribution is 5.82. The predicted octanol–water partition coefficient (Wildman–Crippen LogP) is 5.34. The average molecular weight is 507 g/mol.